The maximum Gasteiger partial charge on any atom is 0.137 e. The first kappa shape index (κ1) is 20.4. The Morgan fingerprint density at radius 1 is 1.27 bits per heavy atom. The Hall–Kier alpha value is -1.94. The highest BCUT2D eigenvalue weighted by molar-refractivity contribution is 5.85. The molecule has 1 aromatic heterocycles. The summed E-state index contributed by atoms with van der Waals surface area (Å²) in [5, 5.41) is 10.5. The monoisotopic (exact) mass is 377 g/mol. The third-order valence-corrected chi connectivity index (χ3v) is 4.99. The Kier molecular flexibility index (Phi) is 6.40. The van der Waals surface area contributed by atoms with E-state index in [1.54, 1.807) is 12.4 Å². The fraction of sp³-hybridized carbons (Fsp3) is 0.476. The van der Waals surface area contributed by atoms with E-state index in [1.165, 1.54) is 0 Å². The summed E-state index contributed by atoms with van der Waals surface area (Å²) in [4.78, 5) is 4.05. The van der Waals surface area contributed by atoms with E-state index in [4.69, 9.17) is 9.47 Å². The summed E-state index contributed by atoms with van der Waals surface area (Å²) in [7, 11) is 0. The molecule has 0 saturated carbocycles. The maximum absolute atomic E-state index is 10.5. The smallest absolute Gasteiger partial charge is 0.137 e. The van der Waals surface area contributed by atoms with Crippen LogP contribution >= 0.6 is 12.4 Å². The van der Waals surface area contributed by atoms with E-state index in [1.807, 2.05) is 26.0 Å². The van der Waals surface area contributed by atoms with Gasteiger partial charge in [0, 0.05) is 17.3 Å². The van der Waals surface area contributed by atoms with Crippen LogP contribution < -0.4 is 9.47 Å². The van der Waals surface area contributed by atoms with Crippen molar-refractivity contribution in [3.05, 3.63) is 46.8 Å². The predicted octanol–water partition coefficient (Wildman–Crippen LogP) is 4.94. The van der Waals surface area contributed by atoms with Crippen LogP contribution in [0.25, 0.3) is 0 Å². The number of hydrogen-bond acceptors (Lipinski definition) is 4. The summed E-state index contributed by atoms with van der Waals surface area (Å²) in [6, 6.07) is 3.77. The van der Waals surface area contributed by atoms with Crippen molar-refractivity contribution < 1.29 is 14.6 Å². The highest BCUT2D eigenvalue weighted by Crippen LogP contribution is 2.43. The Morgan fingerprint density at radius 3 is 2.73 bits per heavy atom. The van der Waals surface area contributed by atoms with Gasteiger partial charge in [-0.3, -0.25) is 4.98 Å². The number of ether oxygens (including phenoxy) is 2. The third kappa shape index (κ3) is 4.24. The number of fused-ring (bicyclic) bond motifs is 1. The molecular weight excluding hydrogens is 350 g/mol. The SMILES string of the molecule is Cc1c(O)c(C)c2c(c1CCCOc1cccnc1)OC(C)(C)CC2.Cl. The summed E-state index contributed by atoms with van der Waals surface area (Å²) in [6.45, 7) is 8.83. The zero-order chi connectivity index (χ0) is 18.0. The molecule has 1 aromatic carbocycles. The standard InChI is InChI=1S/C21H27NO3.ClH/c1-14-17(8-6-12-24-16-7-5-11-22-13-16)20-18(15(2)19(14)23)9-10-21(3,4)25-20;/h5,7,11,13,23H,6,8-10,12H2,1-4H3;1H. The normalized spacial score (nSPS) is 14.8. The van der Waals surface area contributed by atoms with E-state index in [2.05, 4.69) is 18.8 Å². The zero-order valence-corrected chi connectivity index (χ0v) is 16.8. The zero-order valence-electron chi connectivity index (χ0n) is 16.0. The lowest BCUT2D eigenvalue weighted by Gasteiger charge is -2.35. The molecule has 0 spiro atoms. The molecule has 2 heterocycles. The molecular formula is C21H28ClNO3. The highest BCUT2D eigenvalue weighted by atomic mass is 35.5. The molecule has 1 aliphatic heterocycles. The molecule has 0 unspecified atom stereocenters. The van der Waals surface area contributed by atoms with Crippen molar-refractivity contribution in [1.82, 2.24) is 4.98 Å². The van der Waals surface area contributed by atoms with Gasteiger partial charge in [0.05, 0.1) is 12.8 Å². The molecule has 142 valence electrons. The van der Waals surface area contributed by atoms with E-state index in [-0.39, 0.29) is 18.0 Å². The second kappa shape index (κ2) is 8.17. The number of hydrogen-bond donors (Lipinski definition) is 1. The first-order chi connectivity index (χ1) is 11.9. The Balaban J connectivity index is 0.00000243. The lowest BCUT2D eigenvalue weighted by molar-refractivity contribution is 0.0826. The van der Waals surface area contributed by atoms with Crippen LogP contribution in [-0.2, 0) is 12.8 Å². The molecule has 0 saturated heterocycles. The van der Waals surface area contributed by atoms with Crippen LogP contribution in [0.5, 0.6) is 17.2 Å². The average molecular weight is 378 g/mol. The summed E-state index contributed by atoms with van der Waals surface area (Å²) in [5.74, 6) is 2.17. The number of rotatable bonds is 5. The van der Waals surface area contributed by atoms with Crippen molar-refractivity contribution in [1.29, 1.82) is 0 Å². The fourth-order valence-corrected chi connectivity index (χ4v) is 3.44. The quantitative estimate of drug-likeness (QED) is 0.749. The lowest BCUT2D eigenvalue weighted by Crippen LogP contribution is -2.33. The minimum Gasteiger partial charge on any atom is -0.507 e. The van der Waals surface area contributed by atoms with E-state index in [0.29, 0.717) is 12.4 Å². The predicted molar refractivity (Wildman–Crippen MR) is 106 cm³/mol. The number of aromatic nitrogens is 1. The van der Waals surface area contributed by atoms with Crippen molar-refractivity contribution in [2.45, 2.75) is 59.0 Å². The first-order valence-electron chi connectivity index (χ1n) is 8.95. The summed E-state index contributed by atoms with van der Waals surface area (Å²) < 4.78 is 12.1. The van der Waals surface area contributed by atoms with Gasteiger partial charge in [0.1, 0.15) is 22.8 Å². The van der Waals surface area contributed by atoms with Gasteiger partial charge in [-0.05, 0) is 76.6 Å². The van der Waals surface area contributed by atoms with E-state index < -0.39 is 0 Å². The molecule has 1 N–H and O–H groups in total. The van der Waals surface area contributed by atoms with Gasteiger partial charge in [-0.1, -0.05) is 0 Å². The molecule has 26 heavy (non-hydrogen) atoms. The summed E-state index contributed by atoms with van der Waals surface area (Å²) >= 11 is 0. The Morgan fingerprint density at radius 2 is 2.04 bits per heavy atom. The van der Waals surface area contributed by atoms with Crippen molar-refractivity contribution in [2.75, 3.05) is 6.61 Å². The largest absolute Gasteiger partial charge is 0.507 e. The molecule has 0 aliphatic carbocycles. The number of nitrogens with zero attached hydrogens (tertiary/aromatic N) is 1. The van der Waals surface area contributed by atoms with E-state index >= 15 is 0 Å². The van der Waals surface area contributed by atoms with E-state index in [9.17, 15) is 5.11 Å². The highest BCUT2D eigenvalue weighted by Gasteiger charge is 2.31. The number of phenolic OH excluding ortho intramolecular Hbond substituents is 1. The van der Waals surface area contributed by atoms with Gasteiger partial charge in [-0.2, -0.15) is 0 Å². The minimum absolute atomic E-state index is 0. The van der Waals surface area contributed by atoms with Gasteiger partial charge < -0.3 is 14.6 Å². The molecule has 3 rings (SSSR count). The first-order valence-corrected chi connectivity index (χ1v) is 8.95. The average Bonchev–Trinajstić information content (AvgIpc) is 2.59. The van der Waals surface area contributed by atoms with Crippen molar-refractivity contribution in [3.63, 3.8) is 0 Å². The molecule has 2 aromatic rings. The van der Waals surface area contributed by atoms with Crippen molar-refractivity contribution in [2.24, 2.45) is 0 Å². The Bertz CT molecular complexity index is 760. The lowest BCUT2D eigenvalue weighted by atomic mass is 9.86. The van der Waals surface area contributed by atoms with Gasteiger partial charge in [0.2, 0.25) is 0 Å². The van der Waals surface area contributed by atoms with Crippen LogP contribution in [0.15, 0.2) is 24.5 Å². The number of benzene rings is 1. The molecule has 5 heteroatoms. The number of phenols is 1. The molecule has 0 radical (unpaired) electrons. The van der Waals surface area contributed by atoms with Crippen LogP contribution in [-0.4, -0.2) is 22.3 Å². The van der Waals surface area contributed by atoms with Crippen molar-refractivity contribution >= 4 is 12.4 Å². The van der Waals surface area contributed by atoms with Crippen LogP contribution in [0, 0.1) is 13.8 Å². The Labute approximate surface area is 162 Å². The van der Waals surface area contributed by atoms with Crippen LogP contribution in [0.2, 0.25) is 0 Å². The van der Waals surface area contributed by atoms with Gasteiger partial charge in [0.15, 0.2) is 0 Å². The van der Waals surface area contributed by atoms with Gasteiger partial charge >= 0.3 is 0 Å². The number of aromatic hydroxyl groups is 1. The number of halogens is 1. The molecule has 4 nitrogen and oxygen atoms in total. The molecule has 1 aliphatic rings. The molecule has 0 atom stereocenters. The van der Waals surface area contributed by atoms with Crippen LogP contribution in [0.1, 0.15) is 48.9 Å². The molecule has 0 bridgehead atoms. The van der Waals surface area contributed by atoms with E-state index in [0.717, 1.165) is 59.4 Å². The maximum atomic E-state index is 10.5. The van der Waals surface area contributed by atoms with Crippen molar-refractivity contribution in [3.8, 4) is 17.2 Å². The topological polar surface area (TPSA) is 51.6 Å². The van der Waals surface area contributed by atoms with Gasteiger partial charge in [-0.25, -0.2) is 0 Å². The third-order valence-electron chi connectivity index (χ3n) is 4.99. The number of pyridine rings is 1. The molecule has 0 amide bonds. The second-order valence-corrected chi connectivity index (χ2v) is 7.39. The van der Waals surface area contributed by atoms with Gasteiger partial charge in [0.25, 0.3) is 0 Å². The van der Waals surface area contributed by atoms with Crippen LogP contribution in [0.4, 0.5) is 0 Å². The fourth-order valence-electron chi connectivity index (χ4n) is 3.44. The minimum atomic E-state index is -0.163. The summed E-state index contributed by atoms with van der Waals surface area (Å²) in [6.07, 6.45) is 7.04. The molecule has 0 fully saturated rings. The second-order valence-electron chi connectivity index (χ2n) is 7.39. The van der Waals surface area contributed by atoms with Gasteiger partial charge in [-0.15, -0.1) is 12.4 Å². The summed E-state index contributed by atoms with van der Waals surface area (Å²) in [5.41, 5.74) is 3.99. The van der Waals surface area contributed by atoms with Crippen LogP contribution in [0.3, 0.4) is 0 Å².